The van der Waals surface area contributed by atoms with Crippen molar-refractivity contribution in [2.45, 2.75) is 13.8 Å². The summed E-state index contributed by atoms with van der Waals surface area (Å²) in [6.07, 6.45) is 0. The third-order valence-electron chi connectivity index (χ3n) is 4.49. The summed E-state index contributed by atoms with van der Waals surface area (Å²) in [6, 6.07) is 25.6. The zero-order chi connectivity index (χ0) is 19.2. The Labute approximate surface area is 162 Å². The maximum absolute atomic E-state index is 5.83. The first-order chi connectivity index (χ1) is 13.0. The topological polar surface area (TPSA) is 15.7 Å². The van der Waals surface area contributed by atoms with Crippen LogP contribution in [0.4, 0.5) is 17.1 Å². The normalized spacial score (nSPS) is 10.9. The van der Waals surface area contributed by atoms with E-state index in [0.717, 1.165) is 29.4 Å². The van der Waals surface area contributed by atoms with Crippen molar-refractivity contribution < 1.29 is 4.74 Å². The smallest absolute Gasteiger partial charge is 0.119 e. The van der Waals surface area contributed by atoms with Gasteiger partial charge >= 0.3 is 0 Å². The number of nitrogens with zero attached hydrogens (tertiary/aromatic N) is 2. The van der Waals surface area contributed by atoms with Gasteiger partial charge in [0, 0.05) is 23.6 Å². The first kappa shape index (κ1) is 19.0. The first-order valence-corrected chi connectivity index (χ1v) is 9.34. The predicted octanol–water partition coefficient (Wildman–Crippen LogP) is 5.71. The molecule has 27 heavy (non-hydrogen) atoms. The molecular formula is C24H28N2O. The van der Waals surface area contributed by atoms with Gasteiger partial charge in [-0.15, -0.1) is 0 Å². The molecule has 0 amide bonds. The van der Waals surface area contributed by atoms with E-state index in [1.165, 1.54) is 11.1 Å². The molecule has 3 rings (SSSR count). The number of ether oxygens (including phenoxy) is 1. The molecule has 0 bridgehead atoms. The molecule has 3 nitrogen and oxygen atoms in total. The number of hydrogen-bond acceptors (Lipinski definition) is 3. The lowest BCUT2D eigenvalue weighted by atomic mass is 10.1. The highest BCUT2D eigenvalue weighted by molar-refractivity contribution is 5.76. The van der Waals surface area contributed by atoms with Crippen molar-refractivity contribution in [2.75, 3.05) is 32.1 Å². The predicted molar refractivity (Wildman–Crippen MR) is 115 cm³/mol. The van der Waals surface area contributed by atoms with E-state index in [2.05, 4.69) is 84.3 Å². The van der Waals surface area contributed by atoms with E-state index in [9.17, 15) is 0 Å². The van der Waals surface area contributed by atoms with Gasteiger partial charge in [0.05, 0.1) is 0 Å². The minimum Gasteiger partial charge on any atom is -0.492 e. The van der Waals surface area contributed by atoms with Crippen LogP contribution in [0.2, 0.25) is 0 Å². The first-order valence-electron chi connectivity index (χ1n) is 9.34. The van der Waals surface area contributed by atoms with Gasteiger partial charge in [0.15, 0.2) is 0 Å². The van der Waals surface area contributed by atoms with Gasteiger partial charge in [0.25, 0.3) is 0 Å². The Morgan fingerprint density at radius 3 is 1.44 bits per heavy atom. The number of anilines is 3. The van der Waals surface area contributed by atoms with E-state index >= 15 is 0 Å². The van der Waals surface area contributed by atoms with E-state index in [1.54, 1.807) is 0 Å². The van der Waals surface area contributed by atoms with Crippen LogP contribution in [0, 0.1) is 13.8 Å². The molecule has 0 atom stereocenters. The molecule has 140 valence electrons. The molecule has 0 unspecified atom stereocenters. The van der Waals surface area contributed by atoms with Crippen LogP contribution in [-0.2, 0) is 0 Å². The summed E-state index contributed by atoms with van der Waals surface area (Å²) in [5, 5.41) is 0. The summed E-state index contributed by atoms with van der Waals surface area (Å²) in [6.45, 7) is 5.81. The lowest BCUT2D eigenvalue weighted by Crippen LogP contribution is -2.19. The highest BCUT2D eigenvalue weighted by atomic mass is 16.5. The van der Waals surface area contributed by atoms with Crippen LogP contribution in [-0.4, -0.2) is 32.1 Å². The van der Waals surface area contributed by atoms with Gasteiger partial charge in [-0.1, -0.05) is 35.4 Å². The molecule has 0 aromatic heterocycles. The molecule has 3 aromatic rings. The van der Waals surface area contributed by atoms with Crippen molar-refractivity contribution in [2.24, 2.45) is 0 Å². The maximum Gasteiger partial charge on any atom is 0.119 e. The van der Waals surface area contributed by atoms with Crippen LogP contribution in [0.25, 0.3) is 0 Å². The molecule has 0 saturated heterocycles. The van der Waals surface area contributed by atoms with Crippen LogP contribution in [0.1, 0.15) is 11.1 Å². The minimum atomic E-state index is 0.686. The summed E-state index contributed by atoms with van der Waals surface area (Å²) in [5.74, 6) is 0.897. The van der Waals surface area contributed by atoms with Crippen molar-refractivity contribution in [1.29, 1.82) is 0 Å². The molecule has 0 spiro atoms. The van der Waals surface area contributed by atoms with Gasteiger partial charge in [-0.25, -0.2) is 0 Å². The Kier molecular flexibility index (Phi) is 6.15. The largest absolute Gasteiger partial charge is 0.492 e. The Morgan fingerprint density at radius 1 is 0.630 bits per heavy atom. The number of benzene rings is 3. The molecule has 3 aromatic carbocycles. The Bertz CT molecular complexity index is 792. The van der Waals surface area contributed by atoms with E-state index in [-0.39, 0.29) is 0 Å². The van der Waals surface area contributed by atoms with Crippen LogP contribution >= 0.6 is 0 Å². The van der Waals surface area contributed by atoms with Gasteiger partial charge in [0.1, 0.15) is 12.4 Å². The fraction of sp³-hybridized carbons (Fsp3) is 0.250. The fourth-order valence-corrected chi connectivity index (χ4v) is 2.87. The Balaban J connectivity index is 1.88. The van der Waals surface area contributed by atoms with Crippen molar-refractivity contribution in [1.82, 2.24) is 4.90 Å². The van der Waals surface area contributed by atoms with E-state index in [1.807, 2.05) is 26.2 Å². The van der Waals surface area contributed by atoms with Gasteiger partial charge in [-0.3, -0.25) is 0 Å². The highest BCUT2D eigenvalue weighted by Crippen LogP contribution is 2.35. The summed E-state index contributed by atoms with van der Waals surface area (Å²) < 4.78 is 5.83. The molecule has 0 saturated carbocycles. The van der Waals surface area contributed by atoms with Crippen molar-refractivity contribution in [3.8, 4) is 5.75 Å². The minimum absolute atomic E-state index is 0.686. The fourth-order valence-electron chi connectivity index (χ4n) is 2.87. The van der Waals surface area contributed by atoms with Crippen LogP contribution < -0.4 is 9.64 Å². The lowest BCUT2D eigenvalue weighted by molar-refractivity contribution is 0.261. The summed E-state index contributed by atoms with van der Waals surface area (Å²) in [4.78, 5) is 4.38. The molecule has 0 aliphatic carbocycles. The zero-order valence-corrected chi connectivity index (χ0v) is 16.6. The molecule has 0 heterocycles. The van der Waals surface area contributed by atoms with E-state index in [0.29, 0.717) is 6.61 Å². The molecular weight excluding hydrogens is 332 g/mol. The number of aryl methyl sites for hydroxylation is 2. The zero-order valence-electron chi connectivity index (χ0n) is 16.6. The second-order valence-corrected chi connectivity index (χ2v) is 7.15. The standard InChI is InChI=1S/C24H28N2O/c1-19-5-9-21(10-6-19)26(22-11-7-20(2)8-12-22)23-13-15-24(16-14-23)27-18-17-25(3)4/h5-16H,17-18H2,1-4H3. The van der Waals surface area contributed by atoms with E-state index < -0.39 is 0 Å². The third kappa shape index (κ3) is 5.11. The molecule has 0 aliphatic heterocycles. The summed E-state index contributed by atoms with van der Waals surface area (Å²) in [7, 11) is 4.10. The quantitative estimate of drug-likeness (QED) is 0.536. The SMILES string of the molecule is Cc1ccc(N(c2ccc(C)cc2)c2ccc(OCCN(C)C)cc2)cc1. The van der Waals surface area contributed by atoms with Crippen LogP contribution in [0.5, 0.6) is 5.75 Å². The average Bonchev–Trinajstić information content (AvgIpc) is 2.66. The molecule has 0 fully saturated rings. The second kappa shape index (κ2) is 8.74. The van der Waals surface area contributed by atoms with Gasteiger partial charge in [-0.05, 0) is 76.5 Å². The summed E-state index contributed by atoms with van der Waals surface area (Å²) in [5.41, 5.74) is 5.92. The number of rotatable bonds is 7. The van der Waals surface area contributed by atoms with Gasteiger partial charge in [-0.2, -0.15) is 0 Å². The second-order valence-electron chi connectivity index (χ2n) is 7.15. The molecule has 3 heteroatoms. The van der Waals surface area contributed by atoms with Crippen molar-refractivity contribution >= 4 is 17.1 Å². The van der Waals surface area contributed by atoms with Gasteiger partial charge < -0.3 is 14.5 Å². The lowest BCUT2D eigenvalue weighted by Gasteiger charge is -2.26. The number of hydrogen-bond donors (Lipinski definition) is 0. The van der Waals surface area contributed by atoms with Gasteiger partial charge in [0.2, 0.25) is 0 Å². The van der Waals surface area contributed by atoms with Crippen molar-refractivity contribution in [3.63, 3.8) is 0 Å². The third-order valence-corrected chi connectivity index (χ3v) is 4.49. The Hall–Kier alpha value is -2.78. The van der Waals surface area contributed by atoms with Crippen LogP contribution in [0.15, 0.2) is 72.8 Å². The average molecular weight is 361 g/mol. The van der Waals surface area contributed by atoms with E-state index in [4.69, 9.17) is 4.74 Å². The molecule has 0 aliphatic rings. The summed E-state index contributed by atoms with van der Waals surface area (Å²) >= 11 is 0. The van der Waals surface area contributed by atoms with Crippen LogP contribution in [0.3, 0.4) is 0 Å². The molecule has 0 N–H and O–H groups in total. The number of likely N-dealkylation sites (N-methyl/N-ethyl adjacent to an activating group) is 1. The Morgan fingerprint density at radius 2 is 1.04 bits per heavy atom. The maximum atomic E-state index is 5.83. The monoisotopic (exact) mass is 360 g/mol. The molecule has 0 radical (unpaired) electrons. The van der Waals surface area contributed by atoms with Crippen molar-refractivity contribution in [3.05, 3.63) is 83.9 Å². The highest BCUT2D eigenvalue weighted by Gasteiger charge is 2.12.